The van der Waals surface area contributed by atoms with Gasteiger partial charge in [0.05, 0.1) is 5.69 Å². The first-order chi connectivity index (χ1) is 12.2. The number of anilines is 1. The lowest BCUT2D eigenvalue weighted by atomic mass is 10.1. The van der Waals surface area contributed by atoms with Crippen molar-refractivity contribution < 1.29 is 4.79 Å². The Hall–Kier alpha value is -2.72. The number of carbonyl (C=O) groups excluding carboxylic acids is 1. The van der Waals surface area contributed by atoms with Crippen LogP contribution in [0.4, 0.5) is 5.69 Å². The Morgan fingerprint density at radius 2 is 1.76 bits per heavy atom. The first kappa shape index (κ1) is 17.1. The van der Waals surface area contributed by atoms with E-state index in [-0.39, 0.29) is 5.28 Å². The molecule has 0 bridgehead atoms. The van der Waals surface area contributed by atoms with Crippen molar-refractivity contribution in [1.82, 2.24) is 9.97 Å². The van der Waals surface area contributed by atoms with Crippen LogP contribution in [-0.4, -0.2) is 22.8 Å². The molecule has 0 aliphatic heterocycles. The Morgan fingerprint density at radius 3 is 2.36 bits per heavy atom. The number of halogens is 1. The predicted molar refractivity (Wildman–Crippen MR) is 101 cm³/mol. The van der Waals surface area contributed by atoms with E-state index in [0.29, 0.717) is 5.56 Å². The second-order valence-corrected chi connectivity index (χ2v) is 5.97. The third kappa shape index (κ3) is 4.22. The molecule has 0 aliphatic carbocycles. The summed E-state index contributed by atoms with van der Waals surface area (Å²) in [5.74, 6) is 0. The summed E-state index contributed by atoms with van der Waals surface area (Å²) in [5.41, 5.74) is 4.79. The summed E-state index contributed by atoms with van der Waals surface area (Å²) in [7, 11) is 0. The summed E-state index contributed by atoms with van der Waals surface area (Å²) in [6, 6.07) is 17.7. The normalized spacial score (nSPS) is 10.5. The first-order valence-corrected chi connectivity index (χ1v) is 8.45. The van der Waals surface area contributed by atoms with Gasteiger partial charge in [-0.25, -0.2) is 9.97 Å². The minimum Gasteiger partial charge on any atom is -0.367 e. The van der Waals surface area contributed by atoms with Crippen molar-refractivity contribution in [2.45, 2.75) is 13.5 Å². The van der Waals surface area contributed by atoms with Crippen LogP contribution >= 0.6 is 11.6 Å². The van der Waals surface area contributed by atoms with E-state index in [1.54, 1.807) is 6.20 Å². The SMILES string of the molecule is CCN(Cc1ccc(C=O)cc1)c1ccc(-c2ccnc(Cl)n2)cc1. The van der Waals surface area contributed by atoms with Gasteiger partial charge in [0.25, 0.3) is 0 Å². The van der Waals surface area contributed by atoms with Gasteiger partial charge >= 0.3 is 0 Å². The van der Waals surface area contributed by atoms with Gasteiger partial charge in [-0.15, -0.1) is 0 Å². The third-order valence-electron chi connectivity index (χ3n) is 4.03. The zero-order chi connectivity index (χ0) is 17.6. The standard InChI is InChI=1S/C20H18ClN3O/c1-2-24(13-15-3-5-16(14-25)6-4-15)18-9-7-17(8-10-18)19-11-12-22-20(21)23-19/h3-12,14H,2,13H2,1H3. The summed E-state index contributed by atoms with van der Waals surface area (Å²) in [4.78, 5) is 21.2. The van der Waals surface area contributed by atoms with Crippen LogP contribution in [0, 0.1) is 0 Å². The lowest BCUT2D eigenvalue weighted by molar-refractivity contribution is 0.112. The number of nitrogens with zero attached hydrogens (tertiary/aromatic N) is 3. The summed E-state index contributed by atoms with van der Waals surface area (Å²) >= 11 is 5.86. The number of hydrogen-bond acceptors (Lipinski definition) is 4. The Bertz CT molecular complexity index is 848. The molecule has 25 heavy (non-hydrogen) atoms. The molecule has 2 aromatic carbocycles. The van der Waals surface area contributed by atoms with Crippen LogP contribution in [-0.2, 0) is 6.54 Å². The summed E-state index contributed by atoms with van der Waals surface area (Å²) in [6.45, 7) is 3.79. The summed E-state index contributed by atoms with van der Waals surface area (Å²) < 4.78 is 0. The van der Waals surface area contributed by atoms with E-state index < -0.39 is 0 Å². The third-order valence-corrected chi connectivity index (χ3v) is 4.21. The number of aromatic nitrogens is 2. The molecule has 0 aliphatic rings. The molecule has 4 nitrogen and oxygen atoms in total. The molecule has 0 saturated carbocycles. The lowest BCUT2D eigenvalue weighted by Crippen LogP contribution is -2.21. The molecule has 0 fully saturated rings. The maximum absolute atomic E-state index is 10.8. The van der Waals surface area contributed by atoms with E-state index in [0.717, 1.165) is 36.3 Å². The summed E-state index contributed by atoms with van der Waals surface area (Å²) in [6.07, 6.45) is 2.51. The van der Waals surface area contributed by atoms with Crippen LogP contribution in [0.1, 0.15) is 22.8 Å². The Balaban J connectivity index is 1.77. The summed E-state index contributed by atoms with van der Waals surface area (Å²) in [5, 5.41) is 0.246. The molecule has 0 N–H and O–H groups in total. The molecular weight excluding hydrogens is 334 g/mol. The molecule has 0 amide bonds. The zero-order valence-electron chi connectivity index (χ0n) is 13.9. The second kappa shape index (κ2) is 7.90. The fraction of sp³-hybridized carbons (Fsp3) is 0.150. The molecule has 0 saturated heterocycles. The number of carbonyl (C=O) groups is 1. The molecule has 0 spiro atoms. The van der Waals surface area contributed by atoms with E-state index in [2.05, 4.69) is 33.9 Å². The monoisotopic (exact) mass is 351 g/mol. The maximum Gasteiger partial charge on any atom is 0.222 e. The molecule has 0 atom stereocenters. The molecular formula is C20H18ClN3O. The van der Waals surface area contributed by atoms with E-state index >= 15 is 0 Å². The highest BCUT2D eigenvalue weighted by atomic mass is 35.5. The Kier molecular flexibility index (Phi) is 5.41. The van der Waals surface area contributed by atoms with Crippen molar-refractivity contribution in [3.05, 3.63) is 77.2 Å². The molecule has 3 rings (SSSR count). The van der Waals surface area contributed by atoms with Gasteiger partial charge in [-0.05, 0) is 42.3 Å². The number of rotatable bonds is 6. The van der Waals surface area contributed by atoms with Crippen molar-refractivity contribution in [3.63, 3.8) is 0 Å². The average Bonchev–Trinajstić information content (AvgIpc) is 2.67. The van der Waals surface area contributed by atoms with Crippen LogP contribution < -0.4 is 4.90 Å². The number of hydrogen-bond donors (Lipinski definition) is 0. The van der Waals surface area contributed by atoms with Crippen LogP contribution in [0.25, 0.3) is 11.3 Å². The smallest absolute Gasteiger partial charge is 0.222 e. The lowest BCUT2D eigenvalue weighted by Gasteiger charge is -2.23. The van der Waals surface area contributed by atoms with Gasteiger partial charge in [0.2, 0.25) is 5.28 Å². The van der Waals surface area contributed by atoms with Gasteiger partial charge in [-0.1, -0.05) is 36.4 Å². The van der Waals surface area contributed by atoms with Crippen molar-refractivity contribution in [2.24, 2.45) is 0 Å². The van der Waals surface area contributed by atoms with E-state index in [1.165, 1.54) is 5.56 Å². The van der Waals surface area contributed by atoms with E-state index in [4.69, 9.17) is 11.6 Å². The highest BCUT2D eigenvalue weighted by molar-refractivity contribution is 6.28. The van der Waals surface area contributed by atoms with Crippen molar-refractivity contribution in [3.8, 4) is 11.3 Å². The fourth-order valence-corrected chi connectivity index (χ4v) is 2.79. The molecule has 0 unspecified atom stereocenters. The Labute approximate surface area is 152 Å². The van der Waals surface area contributed by atoms with Gasteiger partial charge < -0.3 is 4.90 Å². The molecule has 1 aromatic heterocycles. The van der Waals surface area contributed by atoms with E-state index in [9.17, 15) is 4.79 Å². The van der Waals surface area contributed by atoms with Crippen molar-refractivity contribution in [1.29, 1.82) is 0 Å². The average molecular weight is 352 g/mol. The van der Waals surface area contributed by atoms with Crippen LogP contribution in [0.15, 0.2) is 60.8 Å². The van der Waals surface area contributed by atoms with E-state index in [1.807, 2.05) is 42.5 Å². The second-order valence-electron chi connectivity index (χ2n) is 5.63. The minimum atomic E-state index is 0.246. The topological polar surface area (TPSA) is 46.1 Å². The van der Waals surface area contributed by atoms with Gasteiger partial charge in [-0.3, -0.25) is 4.79 Å². The van der Waals surface area contributed by atoms with Crippen molar-refractivity contribution >= 4 is 23.6 Å². The van der Waals surface area contributed by atoms with Gasteiger partial charge in [0.1, 0.15) is 6.29 Å². The van der Waals surface area contributed by atoms with Gasteiger partial charge in [-0.2, -0.15) is 0 Å². The fourth-order valence-electron chi connectivity index (χ4n) is 2.65. The maximum atomic E-state index is 10.8. The minimum absolute atomic E-state index is 0.246. The molecule has 5 heteroatoms. The quantitative estimate of drug-likeness (QED) is 0.479. The predicted octanol–water partition coefficient (Wildman–Crippen LogP) is 4.64. The molecule has 3 aromatic rings. The number of aldehydes is 1. The van der Waals surface area contributed by atoms with Crippen LogP contribution in [0.3, 0.4) is 0 Å². The highest BCUT2D eigenvalue weighted by Gasteiger charge is 2.07. The molecule has 1 heterocycles. The van der Waals surface area contributed by atoms with Gasteiger partial charge in [0.15, 0.2) is 0 Å². The zero-order valence-corrected chi connectivity index (χ0v) is 14.6. The highest BCUT2D eigenvalue weighted by Crippen LogP contribution is 2.23. The number of benzene rings is 2. The molecule has 0 radical (unpaired) electrons. The first-order valence-electron chi connectivity index (χ1n) is 8.07. The van der Waals surface area contributed by atoms with Crippen molar-refractivity contribution in [2.75, 3.05) is 11.4 Å². The largest absolute Gasteiger partial charge is 0.367 e. The van der Waals surface area contributed by atoms with Gasteiger partial charge in [0, 0.05) is 36.1 Å². The molecule has 126 valence electrons. The Morgan fingerprint density at radius 1 is 1.04 bits per heavy atom. The van der Waals surface area contributed by atoms with Crippen LogP contribution in [0.5, 0.6) is 0 Å². The van der Waals surface area contributed by atoms with Crippen LogP contribution in [0.2, 0.25) is 5.28 Å².